The van der Waals surface area contributed by atoms with E-state index in [4.69, 9.17) is 9.47 Å². The lowest BCUT2D eigenvalue weighted by Gasteiger charge is -2.19. The molecule has 4 nitrogen and oxygen atoms in total. The van der Waals surface area contributed by atoms with E-state index in [-0.39, 0.29) is 0 Å². The molecular weight excluding hydrogens is 324 g/mol. The highest BCUT2D eigenvalue weighted by atomic mass is 79.9. The Morgan fingerprint density at radius 3 is 2.05 bits per heavy atom. The van der Waals surface area contributed by atoms with Crippen LogP contribution in [-0.2, 0) is 19.1 Å². The molecule has 0 aliphatic rings. The minimum absolute atomic E-state index is 0.494. The summed E-state index contributed by atoms with van der Waals surface area (Å²) in [7, 11) is 0. The molecule has 0 atom stereocenters. The molecular formula is C15H17BrO4. The summed E-state index contributed by atoms with van der Waals surface area (Å²) in [5.74, 6) is -0.988. The molecule has 0 aliphatic heterocycles. The van der Waals surface area contributed by atoms with Crippen molar-refractivity contribution in [2.24, 2.45) is 0 Å². The van der Waals surface area contributed by atoms with E-state index >= 15 is 0 Å². The van der Waals surface area contributed by atoms with E-state index in [0.29, 0.717) is 6.42 Å². The molecule has 1 aromatic carbocycles. The van der Waals surface area contributed by atoms with Gasteiger partial charge < -0.3 is 9.47 Å². The van der Waals surface area contributed by atoms with Gasteiger partial charge in [0.25, 0.3) is 6.29 Å². The van der Waals surface area contributed by atoms with Gasteiger partial charge in [-0.25, -0.2) is 0 Å². The molecule has 0 saturated heterocycles. The number of halogens is 1. The maximum atomic E-state index is 11.1. The van der Waals surface area contributed by atoms with Crippen LogP contribution in [0.5, 0.6) is 0 Å². The summed E-state index contributed by atoms with van der Waals surface area (Å²) in [6.07, 6.45) is 1.48. The van der Waals surface area contributed by atoms with Crippen LogP contribution < -0.4 is 0 Å². The number of rotatable bonds is 5. The SMILES string of the molecule is CC/C(=C\c1ccc(Br)cc1)C(OC(C)=O)OC(C)=O. The van der Waals surface area contributed by atoms with Crippen molar-refractivity contribution in [1.29, 1.82) is 0 Å². The number of esters is 2. The van der Waals surface area contributed by atoms with Gasteiger partial charge in [0, 0.05) is 23.9 Å². The number of hydrogen-bond donors (Lipinski definition) is 0. The second kappa shape index (κ2) is 7.85. The molecule has 1 aromatic rings. The smallest absolute Gasteiger partial charge is 0.305 e. The first-order chi connectivity index (χ1) is 9.42. The van der Waals surface area contributed by atoms with Crippen molar-refractivity contribution < 1.29 is 19.1 Å². The lowest BCUT2D eigenvalue weighted by Crippen LogP contribution is -2.24. The standard InChI is InChI=1S/C15H17BrO4/c1-4-13(9-12-5-7-14(16)8-6-12)15(19-10(2)17)20-11(3)18/h5-9,15H,4H2,1-3H3/b13-9+. The van der Waals surface area contributed by atoms with E-state index in [1.807, 2.05) is 37.3 Å². The first kappa shape index (κ1) is 16.4. The first-order valence-electron chi connectivity index (χ1n) is 6.22. The number of ether oxygens (including phenoxy) is 2. The van der Waals surface area contributed by atoms with Gasteiger partial charge in [-0.2, -0.15) is 0 Å². The molecule has 20 heavy (non-hydrogen) atoms. The van der Waals surface area contributed by atoms with Gasteiger partial charge in [0.05, 0.1) is 0 Å². The predicted molar refractivity (Wildman–Crippen MR) is 79.7 cm³/mol. The summed E-state index contributed by atoms with van der Waals surface area (Å²) in [4.78, 5) is 22.2. The summed E-state index contributed by atoms with van der Waals surface area (Å²) >= 11 is 3.36. The Morgan fingerprint density at radius 1 is 1.15 bits per heavy atom. The molecule has 0 amide bonds. The molecule has 5 heteroatoms. The Hall–Kier alpha value is -1.62. The zero-order valence-electron chi connectivity index (χ0n) is 11.7. The maximum absolute atomic E-state index is 11.1. The van der Waals surface area contributed by atoms with Gasteiger partial charge in [0.1, 0.15) is 0 Å². The number of hydrogen-bond acceptors (Lipinski definition) is 4. The van der Waals surface area contributed by atoms with Crippen LogP contribution in [0.15, 0.2) is 34.3 Å². The Morgan fingerprint density at radius 2 is 1.65 bits per heavy atom. The molecule has 0 N–H and O–H groups in total. The van der Waals surface area contributed by atoms with Gasteiger partial charge in [-0.15, -0.1) is 0 Å². The molecule has 0 heterocycles. The first-order valence-corrected chi connectivity index (χ1v) is 7.02. The third-order valence-corrected chi connectivity index (χ3v) is 3.01. The van der Waals surface area contributed by atoms with Crippen molar-refractivity contribution in [2.45, 2.75) is 33.5 Å². The van der Waals surface area contributed by atoms with Gasteiger partial charge >= 0.3 is 11.9 Å². The molecule has 0 bridgehead atoms. The Labute approximate surface area is 126 Å². The molecule has 108 valence electrons. The molecule has 0 saturated carbocycles. The Kier molecular flexibility index (Phi) is 6.45. The Bertz CT molecular complexity index is 489. The lowest BCUT2D eigenvalue weighted by atomic mass is 10.1. The lowest BCUT2D eigenvalue weighted by molar-refractivity contribution is -0.178. The van der Waals surface area contributed by atoms with Gasteiger partial charge in [-0.3, -0.25) is 9.59 Å². The summed E-state index contributed by atoms with van der Waals surface area (Å²) in [6.45, 7) is 4.47. The molecule has 0 spiro atoms. The summed E-state index contributed by atoms with van der Waals surface area (Å²) in [5.41, 5.74) is 1.66. The van der Waals surface area contributed by atoms with Gasteiger partial charge in [-0.1, -0.05) is 35.0 Å². The largest absolute Gasteiger partial charge is 0.421 e. The van der Waals surface area contributed by atoms with Crippen LogP contribution in [0.1, 0.15) is 32.8 Å². The zero-order valence-corrected chi connectivity index (χ0v) is 13.3. The maximum Gasteiger partial charge on any atom is 0.305 e. The number of benzene rings is 1. The van der Waals surface area contributed by atoms with Crippen LogP contribution in [0.4, 0.5) is 0 Å². The van der Waals surface area contributed by atoms with E-state index in [9.17, 15) is 9.59 Å². The summed E-state index contributed by atoms with van der Waals surface area (Å²) in [5, 5.41) is 0. The predicted octanol–water partition coefficient (Wildman–Crippen LogP) is 3.69. The van der Waals surface area contributed by atoms with Crippen LogP contribution >= 0.6 is 15.9 Å². The molecule has 0 aromatic heterocycles. The fraction of sp³-hybridized carbons (Fsp3) is 0.333. The fourth-order valence-electron chi connectivity index (χ4n) is 1.59. The molecule has 0 radical (unpaired) electrons. The monoisotopic (exact) mass is 340 g/mol. The highest BCUT2D eigenvalue weighted by Crippen LogP contribution is 2.19. The quantitative estimate of drug-likeness (QED) is 0.605. The highest BCUT2D eigenvalue weighted by Gasteiger charge is 2.19. The van der Waals surface area contributed by atoms with Crippen LogP contribution in [0.3, 0.4) is 0 Å². The summed E-state index contributed by atoms with van der Waals surface area (Å²) in [6, 6.07) is 7.65. The molecule has 1 rings (SSSR count). The van der Waals surface area contributed by atoms with E-state index in [1.165, 1.54) is 13.8 Å². The van der Waals surface area contributed by atoms with Crippen molar-refractivity contribution in [2.75, 3.05) is 0 Å². The minimum atomic E-state index is -0.973. The number of carbonyl (C=O) groups is 2. The van der Waals surface area contributed by atoms with Crippen molar-refractivity contribution >= 4 is 33.9 Å². The average Bonchev–Trinajstić information content (AvgIpc) is 2.36. The van der Waals surface area contributed by atoms with Crippen molar-refractivity contribution in [3.05, 3.63) is 39.9 Å². The van der Waals surface area contributed by atoms with Gasteiger partial charge in [-0.05, 0) is 30.2 Å². The highest BCUT2D eigenvalue weighted by molar-refractivity contribution is 9.10. The van der Waals surface area contributed by atoms with E-state index in [1.54, 1.807) is 0 Å². The number of carbonyl (C=O) groups excluding carboxylic acids is 2. The van der Waals surface area contributed by atoms with Crippen LogP contribution in [-0.4, -0.2) is 18.2 Å². The fourth-order valence-corrected chi connectivity index (χ4v) is 1.85. The van der Waals surface area contributed by atoms with Crippen molar-refractivity contribution in [3.63, 3.8) is 0 Å². The van der Waals surface area contributed by atoms with Crippen LogP contribution in [0.25, 0.3) is 6.08 Å². The average molecular weight is 341 g/mol. The van der Waals surface area contributed by atoms with Gasteiger partial charge in [0.2, 0.25) is 0 Å². The topological polar surface area (TPSA) is 52.6 Å². The second-order valence-electron chi connectivity index (χ2n) is 4.18. The van der Waals surface area contributed by atoms with Crippen molar-refractivity contribution in [3.8, 4) is 0 Å². The second-order valence-corrected chi connectivity index (χ2v) is 5.09. The minimum Gasteiger partial charge on any atom is -0.421 e. The third kappa shape index (κ3) is 5.57. The van der Waals surface area contributed by atoms with Gasteiger partial charge in [0.15, 0.2) is 0 Å². The van der Waals surface area contributed by atoms with Crippen LogP contribution in [0, 0.1) is 0 Å². The molecule has 0 aliphatic carbocycles. The van der Waals surface area contributed by atoms with E-state index in [0.717, 1.165) is 15.6 Å². The van der Waals surface area contributed by atoms with E-state index in [2.05, 4.69) is 15.9 Å². The normalized spacial score (nSPS) is 11.3. The third-order valence-electron chi connectivity index (χ3n) is 2.48. The molecule has 0 unspecified atom stereocenters. The van der Waals surface area contributed by atoms with Crippen molar-refractivity contribution in [1.82, 2.24) is 0 Å². The van der Waals surface area contributed by atoms with E-state index < -0.39 is 18.2 Å². The Balaban J connectivity index is 3.01. The molecule has 0 fully saturated rings. The summed E-state index contributed by atoms with van der Waals surface area (Å²) < 4.78 is 11.1. The zero-order chi connectivity index (χ0) is 15.1. The van der Waals surface area contributed by atoms with Crippen LogP contribution in [0.2, 0.25) is 0 Å².